The van der Waals surface area contributed by atoms with Crippen molar-refractivity contribution in [2.24, 2.45) is 0 Å². The van der Waals surface area contributed by atoms with E-state index in [0.717, 1.165) is 0 Å². The van der Waals surface area contributed by atoms with Crippen molar-refractivity contribution in [2.75, 3.05) is 39.1 Å². The number of hydrogen-bond donors (Lipinski definition) is 2. The highest BCUT2D eigenvalue weighted by Gasteiger charge is 2.22. The quantitative estimate of drug-likeness (QED) is 0.726. The van der Waals surface area contributed by atoms with Crippen molar-refractivity contribution in [1.82, 2.24) is 9.88 Å². The summed E-state index contributed by atoms with van der Waals surface area (Å²) in [4.78, 5) is 17.8. The average Bonchev–Trinajstić information content (AvgIpc) is 2.35. The van der Waals surface area contributed by atoms with Gasteiger partial charge in [-0.15, -0.1) is 0 Å². The van der Waals surface area contributed by atoms with Crippen LogP contribution in [0.15, 0.2) is 18.3 Å². The zero-order valence-electron chi connectivity index (χ0n) is 12.5. The molecule has 0 aromatic carbocycles. The van der Waals surface area contributed by atoms with Crippen LogP contribution in [0, 0.1) is 0 Å². The molecule has 6 heteroatoms. The van der Waals surface area contributed by atoms with Crippen molar-refractivity contribution >= 4 is 11.8 Å². The Morgan fingerprint density at radius 3 is 2.85 bits per heavy atom. The van der Waals surface area contributed by atoms with Crippen molar-refractivity contribution in [2.45, 2.75) is 19.4 Å². The highest BCUT2D eigenvalue weighted by Crippen LogP contribution is 2.14. The van der Waals surface area contributed by atoms with E-state index in [4.69, 9.17) is 4.74 Å². The molecule has 0 saturated heterocycles. The number of hydrogen-bond acceptors (Lipinski definition) is 6. The number of nitrogens with one attached hydrogen (secondary N) is 1. The maximum Gasteiger partial charge on any atom is 0.341 e. The Hall–Kier alpha value is -1.66. The molecule has 0 aliphatic heterocycles. The fourth-order valence-corrected chi connectivity index (χ4v) is 1.93. The van der Waals surface area contributed by atoms with Crippen LogP contribution in [0.2, 0.25) is 0 Å². The number of carbonyl (C=O) groups excluding carboxylic acids is 1. The van der Waals surface area contributed by atoms with Crippen molar-refractivity contribution < 1.29 is 14.6 Å². The van der Waals surface area contributed by atoms with Gasteiger partial charge in [0.05, 0.1) is 12.2 Å². The molecule has 0 aliphatic rings. The molecule has 1 unspecified atom stereocenters. The van der Waals surface area contributed by atoms with Gasteiger partial charge in [-0.05, 0) is 40.1 Å². The molecule has 0 radical (unpaired) electrons. The molecule has 1 aromatic rings. The summed E-state index contributed by atoms with van der Waals surface area (Å²) in [7, 11) is 3.78. The molecule has 112 valence electrons. The number of ether oxygens (including phenoxy) is 1. The van der Waals surface area contributed by atoms with Crippen molar-refractivity contribution in [3.63, 3.8) is 0 Å². The molecule has 20 heavy (non-hydrogen) atoms. The summed E-state index contributed by atoms with van der Waals surface area (Å²) in [5, 5.41) is 13.2. The fraction of sp³-hybridized carbons (Fsp3) is 0.571. The molecule has 1 heterocycles. The van der Waals surface area contributed by atoms with Crippen LogP contribution in [0.5, 0.6) is 0 Å². The van der Waals surface area contributed by atoms with Crippen molar-refractivity contribution in [3.05, 3.63) is 23.9 Å². The smallest absolute Gasteiger partial charge is 0.341 e. The number of pyridine rings is 1. The third kappa shape index (κ3) is 5.14. The van der Waals surface area contributed by atoms with Crippen LogP contribution in [-0.4, -0.2) is 60.4 Å². The summed E-state index contributed by atoms with van der Waals surface area (Å²) in [6, 6.07) is 3.32. The number of anilines is 1. The second-order valence-corrected chi connectivity index (χ2v) is 5.21. The van der Waals surface area contributed by atoms with Gasteiger partial charge in [0.2, 0.25) is 0 Å². The fourth-order valence-electron chi connectivity index (χ4n) is 1.93. The van der Waals surface area contributed by atoms with E-state index < -0.39 is 11.6 Å². The van der Waals surface area contributed by atoms with E-state index in [2.05, 4.69) is 10.3 Å². The van der Waals surface area contributed by atoms with E-state index in [1.54, 1.807) is 32.2 Å². The Labute approximate surface area is 119 Å². The minimum absolute atomic E-state index is 0.286. The Balaban J connectivity index is 2.75. The van der Waals surface area contributed by atoms with Crippen molar-refractivity contribution in [1.29, 1.82) is 0 Å². The second kappa shape index (κ2) is 7.21. The summed E-state index contributed by atoms with van der Waals surface area (Å²) < 4.78 is 4.98. The first kappa shape index (κ1) is 16.4. The van der Waals surface area contributed by atoms with E-state index >= 15 is 0 Å². The first-order valence-corrected chi connectivity index (χ1v) is 6.59. The van der Waals surface area contributed by atoms with Gasteiger partial charge in [0.1, 0.15) is 11.4 Å². The van der Waals surface area contributed by atoms with E-state index in [1.807, 2.05) is 19.0 Å². The zero-order chi connectivity index (χ0) is 15.2. The van der Waals surface area contributed by atoms with E-state index in [0.29, 0.717) is 24.5 Å². The zero-order valence-corrected chi connectivity index (χ0v) is 12.5. The molecule has 0 fully saturated rings. The van der Waals surface area contributed by atoms with Gasteiger partial charge in [-0.3, -0.25) is 0 Å². The first-order chi connectivity index (χ1) is 9.35. The Kier molecular flexibility index (Phi) is 5.91. The molecule has 0 amide bonds. The number of aliphatic hydroxyl groups is 1. The lowest BCUT2D eigenvalue weighted by atomic mass is 10.1. The predicted molar refractivity (Wildman–Crippen MR) is 77.9 cm³/mol. The number of nitrogens with zero attached hydrogens (tertiary/aromatic N) is 2. The van der Waals surface area contributed by atoms with E-state index in [9.17, 15) is 9.90 Å². The Morgan fingerprint density at radius 1 is 1.55 bits per heavy atom. The maximum absolute atomic E-state index is 11.8. The van der Waals surface area contributed by atoms with Gasteiger partial charge in [-0.25, -0.2) is 9.78 Å². The Bertz CT molecular complexity index is 447. The van der Waals surface area contributed by atoms with Gasteiger partial charge in [0.15, 0.2) is 0 Å². The van der Waals surface area contributed by atoms with Crippen LogP contribution in [0.3, 0.4) is 0 Å². The van der Waals surface area contributed by atoms with Crippen LogP contribution in [0.4, 0.5) is 5.82 Å². The number of likely N-dealkylation sites (N-methyl/N-ethyl adjacent to an activating group) is 1. The third-order valence-electron chi connectivity index (χ3n) is 2.60. The third-order valence-corrected chi connectivity index (χ3v) is 2.60. The highest BCUT2D eigenvalue weighted by atomic mass is 16.5. The molecule has 0 aliphatic carbocycles. The summed E-state index contributed by atoms with van der Waals surface area (Å²) >= 11 is 0. The summed E-state index contributed by atoms with van der Waals surface area (Å²) in [5.41, 5.74) is -0.553. The monoisotopic (exact) mass is 281 g/mol. The lowest BCUT2D eigenvalue weighted by Crippen LogP contribution is -2.43. The molecular formula is C14H23N3O3. The van der Waals surface area contributed by atoms with Crippen LogP contribution in [0.1, 0.15) is 24.2 Å². The van der Waals surface area contributed by atoms with Crippen LogP contribution in [0.25, 0.3) is 0 Å². The van der Waals surface area contributed by atoms with Gasteiger partial charge in [0.25, 0.3) is 0 Å². The predicted octanol–water partition coefficient (Wildman–Crippen LogP) is 0.983. The normalized spacial score (nSPS) is 13.9. The van der Waals surface area contributed by atoms with Crippen molar-refractivity contribution in [3.8, 4) is 0 Å². The number of rotatable bonds is 7. The maximum atomic E-state index is 11.8. The summed E-state index contributed by atoms with van der Waals surface area (Å²) in [6.07, 6.45) is 1.59. The van der Waals surface area contributed by atoms with Gasteiger partial charge < -0.3 is 20.1 Å². The lowest BCUT2D eigenvalue weighted by molar-refractivity contribution is 0.0453. The van der Waals surface area contributed by atoms with Crippen LogP contribution in [-0.2, 0) is 4.74 Å². The minimum Gasteiger partial charge on any atom is -0.462 e. The molecule has 1 aromatic heterocycles. The topological polar surface area (TPSA) is 74.7 Å². The van der Waals surface area contributed by atoms with Gasteiger partial charge in [-0.2, -0.15) is 0 Å². The average molecular weight is 281 g/mol. The first-order valence-electron chi connectivity index (χ1n) is 6.59. The number of aromatic nitrogens is 1. The van der Waals surface area contributed by atoms with E-state index in [1.165, 1.54) is 0 Å². The summed E-state index contributed by atoms with van der Waals surface area (Å²) in [6.45, 7) is 4.58. The molecule has 2 N–H and O–H groups in total. The standard InChI is InChI=1S/C14H23N3O3/c1-5-20-13(18)11-7-6-8-15-12(11)16-9-14(2,19)10-17(3)4/h6-8,19H,5,9-10H2,1-4H3,(H,15,16). The largest absolute Gasteiger partial charge is 0.462 e. The Morgan fingerprint density at radius 2 is 2.25 bits per heavy atom. The highest BCUT2D eigenvalue weighted by molar-refractivity contribution is 5.94. The van der Waals surface area contributed by atoms with Crippen LogP contribution < -0.4 is 5.32 Å². The molecular weight excluding hydrogens is 258 g/mol. The molecule has 0 spiro atoms. The van der Waals surface area contributed by atoms with E-state index in [-0.39, 0.29) is 6.54 Å². The minimum atomic E-state index is -0.924. The molecule has 0 bridgehead atoms. The molecule has 1 atom stereocenters. The van der Waals surface area contributed by atoms with Gasteiger partial charge in [-0.1, -0.05) is 0 Å². The van der Waals surface area contributed by atoms with Crippen LogP contribution >= 0.6 is 0 Å². The summed E-state index contributed by atoms with van der Waals surface area (Å²) in [5.74, 6) is 0.000309. The SMILES string of the molecule is CCOC(=O)c1cccnc1NCC(C)(O)CN(C)C. The number of carbonyl (C=O) groups is 1. The molecule has 1 rings (SSSR count). The lowest BCUT2D eigenvalue weighted by Gasteiger charge is -2.27. The molecule has 0 saturated carbocycles. The second-order valence-electron chi connectivity index (χ2n) is 5.21. The molecule has 6 nitrogen and oxygen atoms in total. The van der Waals surface area contributed by atoms with Gasteiger partial charge in [0, 0.05) is 19.3 Å². The number of esters is 1. The van der Waals surface area contributed by atoms with Gasteiger partial charge >= 0.3 is 5.97 Å².